The Morgan fingerprint density at radius 2 is 1.90 bits per heavy atom. The highest BCUT2D eigenvalue weighted by Gasteiger charge is 2.66. The first kappa shape index (κ1) is 29.3. The Balaban J connectivity index is 1.45. The summed E-state index contributed by atoms with van der Waals surface area (Å²) in [6.07, 6.45) is -0.343. The number of nitrogens with zero attached hydrogens (tertiary/aromatic N) is 1. The summed E-state index contributed by atoms with van der Waals surface area (Å²) >= 11 is 6.41. The molecule has 2 N–H and O–H groups in total. The maximum Gasteiger partial charge on any atom is 0.264 e. The van der Waals surface area contributed by atoms with E-state index in [2.05, 4.69) is 5.32 Å². The Kier molecular flexibility index (Phi) is 8.00. The van der Waals surface area contributed by atoms with Gasteiger partial charge in [0.1, 0.15) is 5.75 Å². The molecular formula is C31H34ClFN2O5Si. The van der Waals surface area contributed by atoms with Crippen LogP contribution in [0, 0.1) is 5.92 Å². The second-order valence-corrected chi connectivity index (χ2v) is 15.5. The Morgan fingerprint density at radius 3 is 2.56 bits per heavy atom. The van der Waals surface area contributed by atoms with E-state index in [9.17, 15) is 14.7 Å². The van der Waals surface area contributed by atoms with Crippen LogP contribution in [0.4, 0.5) is 15.5 Å². The van der Waals surface area contributed by atoms with E-state index in [1.165, 1.54) is 0 Å². The van der Waals surface area contributed by atoms with Gasteiger partial charge in [-0.3, -0.25) is 9.59 Å². The van der Waals surface area contributed by atoms with Crippen molar-refractivity contribution in [1.82, 2.24) is 0 Å². The zero-order valence-electron chi connectivity index (χ0n) is 23.5. The molecule has 4 atom stereocenters. The van der Waals surface area contributed by atoms with Gasteiger partial charge in [0, 0.05) is 39.9 Å². The maximum absolute atomic E-state index is 15.7. The van der Waals surface area contributed by atoms with E-state index in [1.54, 1.807) is 73.6 Å². The van der Waals surface area contributed by atoms with E-state index in [0.29, 0.717) is 33.3 Å². The molecule has 0 radical (unpaired) electrons. The number of fused-ring (bicyclic) bond motifs is 2. The number of aliphatic hydroxyl groups excluding tert-OH is 1. The van der Waals surface area contributed by atoms with E-state index in [-0.39, 0.29) is 31.4 Å². The number of ether oxygens (including phenoxy) is 2. The molecule has 0 saturated carbocycles. The topological polar surface area (TPSA) is 88.1 Å². The zero-order chi connectivity index (χ0) is 29.5. The molecule has 2 heterocycles. The highest BCUT2D eigenvalue weighted by Crippen LogP contribution is 2.60. The van der Waals surface area contributed by atoms with Gasteiger partial charge < -0.3 is 28.9 Å². The lowest BCUT2D eigenvalue weighted by Gasteiger charge is -2.31. The number of benzene rings is 3. The molecule has 0 bridgehead atoms. The molecule has 7 nitrogen and oxygen atoms in total. The van der Waals surface area contributed by atoms with E-state index in [0.717, 1.165) is 5.56 Å². The quantitative estimate of drug-likeness (QED) is 0.235. The maximum atomic E-state index is 15.7. The molecule has 2 aliphatic heterocycles. The van der Waals surface area contributed by atoms with Crippen LogP contribution in [-0.2, 0) is 21.7 Å². The summed E-state index contributed by atoms with van der Waals surface area (Å²) in [6.45, 7) is 5.18. The second kappa shape index (κ2) is 11.2. The number of methoxy groups -OCH3 is 1. The van der Waals surface area contributed by atoms with Crippen molar-refractivity contribution >= 4 is 43.2 Å². The SMILES string of the molecule is COc1ccc(C(=O)Nc2cccc(CN3C(=O)[C@@]4(O[C@@H](CCO)[C@H]([Si](C)(C)F)[C@H]4C)c4cc(Cl)ccc43)c2)cc1. The minimum Gasteiger partial charge on any atom is -0.497 e. The van der Waals surface area contributed by atoms with Crippen LogP contribution in [0.25, 0.3) is 0 Å². The minimum atomic E-state index is -3.29. The molecule has 2 aliphatic rings. The summed E-state index contributed by atoms with van der Waals surface area (Å²) in [5.74, 6) is -0.354. The van der Waals surface area contributed by atoms with Gasteiger partial charge in [-0.05, 0) is 79.7 Å². The van der Waals surface area contributed by atoms with Gasteiger partial charge in [0.2, 0.25) is 8.41 Å². The molecule has 216 valence electrons. The van der Waals surface area contributed by atoms with Gasteiger partial charge in [-0.25, -0.2) is 0 Å². The van der Waals surface area contributed by atoms with Crippen LogP contribution >= 0.6 is 11.6 Å². The molecule has 3 aromatic rings. The molecule has 3 aromatic carbocycles. The molecule has 5 rings (SSSR count). The fourth-order valence-electron chi connectivity index (χ4n) is 6.45. The predicted octanol–water partition coefficient (Wildman–Crippen LogP) is 6.31. The average molecular weight is 597 g/mol. The van der Waals surface area contributed by atoms with Gasteiger partial charge in [0.15, 0.2) is 5.60 Å². The van der Waals surface area contributed by atoms with E-state index < -0.39 is 31.6 Å². The van der Waals surface area contributed by atoms with Gasteiger partial charge in [0.25, 0.3) is 11.8 Å². The van der Waals surface area contributed by atoms with Crippen LogP contribution < -0.4 is 15.0 Å². The Bertz CT molecular complexity index is 1460. The van der Waals surface area contributed by atoms with E-state index >= 15 is 4.11 Å². The summed E-state index contributed by atoms with van der Waals surface area (Å²) in [5.41, 5.74) is 1.24. The Hall–Kier alpha value is -3.24. The molecular weight excluding hydrogens is 563 g/mol. The molecule has 2 amide bonds. The van der Waals surface area contributed by atoms with Gasteiger partial charge >= 0.3 is 0 Å². The molecule has 1 fully saturated rings. The van der Waals surface area contributed by atoms with E-state index in [4.69, 9.17) is 21.1 Å². The van der Waals surface area contributed by atoms with Crippen molar-refractivity contribution in [3.8, 4) is 5.75 Å². The number of rotatable bonds is 8. The number of amides is 2. The number of anilines is 2. The lowest BCUT2D eigenvalue weighted by molar-refractivity contribution is -0.146. The summed E-state index contributed by atoms with van der Waals surface area (Å²) < 4.78 is 27.4. The largest absolute Gasteiger partial charge is 0.497 e. The number of aliphatic hydroxyl groups is 1. The van der Waals surface area contributed by atoms with Crippen molar-refractivity contribution in [2.75, 3.05) is 23.9 Å². The molecule has 10 heteroatoms. The third-order valence-corrected chi connectivity index (χ3v) is 10.9. The molecule has 1 saturated heterocycles. The molecule has 0 aromatic heterocycles. The zero-order valence-corrected chi connectivity index (χ0v) is 25.2. The fraction of sp³-hybridized carbons (Fsp3) is 0.355. The highest BCUT2D eigenvalue weighted by molar-refractivity contribution is 6.72. The monoisotopic (exact) mass is 596 g/mol. The van der Waals surface area contributed by atoms with Crippen molar-refractivity contribution in [2.24, 2.45) is 5.92 Å². The highest BCUT2D eigenvalue weighted by atomic mass is 35.5. The fourth-order valence-corrected chi connectivity index (χ4v) is 9.16. The van der Waals surface area contributed by atoms with Gasteiger partial charge in [-0.2, -0.15) is 0 Å². The number of carbonyl (C=O) groups excluding carboxylic acids is 2. The normalized spacial score (nSPS) is 23.6. The Morgan fingerprint density at radius 1 is 1.17 bits per heavy atom. The number of carbonyl (C=O) groups is 2. The van der Waals surface area contributed by atoms with Crippen LogP contribution in [0.3, 0.4) is 0 Å². The van der Waals surface area contributed by atoms with Crippen molar-refractivity contribution in [3.63, 3.8) is 0 Å². The van der Waals surface area contributed by atoms with Gasteiger partial charge in [0.05, 0.1) is 25.4 Å². The first-order valence-electron chi connectivity index (χ1n) is 13.6. The molecule has 0 unspecified atom stereocenters. The summed E-state index contributed by atoms with van der Waals surface area (Å²) in [6, 6.07) is 19.4. The molecule has 0 aliphatic carbocycles. The second-order valence-electron chi connectivity index (χ2n) is 11.2. The number of hydrogen-bond acceptors (Lipinski definition) is 5. The number of nitrogens with one attached hydrogen (secondary N) is 1. The first-order valence-corrected chi connectivity index (χ1v) is 17.0. The van der Waals surface area contributed by atoms with Gasteiger partial charge in [-0.15, -0.1) is 0 Å². The lowest BCUT2D eigenvalue weighted by atomic mass is 9.82. The van der Waals surface area contributed by atoms with Crippen LogP contribution in [0.1, 0.15) is 34.8 Å². The number of hydrogen-bond donors (Lipinski definition) is 2. The van der Waals surface area contributed by atoms with Crippen molar-refractivity contribution in [2.45, 2.75) is 50.2 Å². The summed E-state index contributed by atoms with van der Waals surface area (Å²) in [5, 5.41) is 13.1. The molecule has 1 spiro atoms. The third-order valence-electron chi connectivity index (χ3n) is 8.21. The lowest BCUT2D eigenvalue weighted by Crippen LogP contribution is -2.45. The van der Waals surface area contributed by atoms with Crippen LogP contribution in [0.5, 0.6) is 5.75 Å². The minimum absolute atomic E-state index is 0.163. The third kappa shape index (κ3) is 5.27. The van der Waals surface area contributed by atoms with Crippen molar-refractivity contribution in [3.05, 3.63) is 88.4 Å². The standard InChI is InChI=1S/C31H34ClFN2O5Si/c1-19-28(41(3,4)33)27(14-15-36)40-31(19)25-17-22(32)10-13-26(25)35(30(31)38)18-20-6-5-7-23(16-20)34-29(37)21-8-11-24(39-2)12-9-21/h5-13,16-17,19,27-28,36H,14-15,18H2,1-4H3,(H,34,37)/t19-,27+,28-,31+/m1/s1. The Labute approximate surface area is 245 Å². The van der Waals surface area contributed by atoms with Crippen LogP contribution in [0.15, 0.2) is 66.7 Å². The average Bonchev–Trinajstić information content (AvgIpc) is 3.35. The number of halogens is 2. The van der Waals surface area contributed by atoms with Gasteiger partial charge in [-0.1, -0.05) is 30.7 Å². The van der Waals surface area contributed by atoms with Crippen LogP contribution in [0.2, 0.25) is 23.7 Å². The molecule has 41 heavy (non-hydrogen) atoms. The smallest absolute Gasteiger partial charge is 0.264 e. The first-order chi connectivity index (χ1) is 19.5. The van der Waals surface area contributed by atoms with Crippen molar-refractivity contribution in [1.29, 1.82) is 0 Å². The van der Waals surface area contributed by atoms with Crippen LogP contribution in [-0.4, -0.2) is 45.1 Å². The predicted molar refractivity (Wildman–Crippen MR) is 160 cm³/mol. The summed E-state index contributed by atoms with van der Waals surface area (Å²) in [4.78, 5) is 28.8. The summed E-state index contributed by atoms with van der Waals surface area (Å²) in [7, 11) is -1.72. The van der Waals surface area contributed by atoms with Crippen molar-refractivity contribution < 1.29 is 28.3 Å². The van der Waals surface area contributed by atoms with E-state index in [1.807, 2.05) is 25.1 Å².